The minimum atomic E-state index is -0.711. The molecule has 1 aromatic carbocycles. The molecule has 7 nitrogen and oxygen atoms in total. The van der Waals surface area contributed by atoms with Crippen LogP contribution >= 0.6 is 11.8 Å². The lowest BCUT2D eigenvalue weighted by molar-refractivity contribution is -0.153. The number of aliphatic hydroxyl groups excluding tert-OH is 1. The predicted octanol–water partition coefficient (Wildman–Crippen LogP) is 2.65. The molecule has 0 saturated carbocycles. The van der Waals surface area contributed by atoms with Crippen LogP contribution in [0.4, 0.5) is 0 Å². The van der Waals surface area contributed by atoms with Crippen LogP contribution in [0.15, 0.2) is 55.6 Å². The first-order valence-corrected chi connectivity index (χ1v) is 13.1. The Balaban J connectivity index is 1.72. The topological polar surface area (TPSA) is 87.2 Å². The smallest absolute Gasteiger partial charge is 0.311 e. The third-order valence-electron chi connectivity index (χ3n) is 7.53. The number of rotatable bonds is 11. The molecular weight excluding hydrogens is 464 g/mol. The maximum Gasteiger partial charge on any atom is 0.311 e. The number of thioether (sulfide) groups is 1. The van der Waals surface area contributed by atoms with Crippen molar-refractivity contribution in [3.8, 4) is 0 Å². The van der Waals surface area contributed by atoms with E-state index in [2.05, 4.69) is 20.1 Å². The van der Waals surface area contributed by atoms with E-state index < -0.39 is 28.6 Å². The van der Waals surface area contributed by atoms with E-state index in [1.165, 1.54) is 6.08 Å². The van der Waals surface area contributed by atoms with Crippen molar-refractivity contribution in [2.45, 2.75) is 42.3 Å². The molecule has 3 saturated heterocycles. The zero-order chi connectivity index (χ0) is 25.2. The summed E-state index contributed by atoms with van der Waals surface area (Å²) >= 11 is 1.62. The van der Waals surface area contributed by atoms with Crippen molar-refractivity contribution in [3.63, 3.8) is 0 Å². The third kappa shape index (κ3) is 4.31. The van der Waals surface area contributed by atoms with Gasteiger partial charge in [-0.3, -0.25) is 14.4 Å². The lowest BCUT2D eigenvalue weighted by Gasteiger charge is -2.40. The van der Waals surface area contributed by atoms with Gasteiger partial charge in [-0.25, -0.2) is 0 Å². The molecule has 3 heterocycles. The Morgan fingerprint density at radius 1 is 1.29 bits per heavy atom. The molecule has 1 aromatic rings. The lowest BCUT2D eigenvalue weighted by Crippen LogP contribution is -2.57. The number of esters is 1. The Morgan fingerprint density at radius 3 is 2.69 bits per heavy atom. The molecule has 3 aliphatic heterocycles. The number of ether oxygens (including phenoxy) is 1. The first kappa shape index (κ1) is 25.5. The van der Waals surface area contributed by atoms with Gasteiger partial charge in [-0.2, -0.15) is 0 Å². The maximum atomic E-state index is 14.3. The fourth-order valence-corrected chi connectivity index (χ4v) is 8.55. The summed E-state index contributed by atoms with van der Waals surface area (Å²) in [5.41, 5.74) is 0.991. The van der Waals surface area contributed by atoms with E-state index in [0.717, 1.165) is 12.0 Å². The van der Waals surface area contributed by atoms with Crippen molar-refractivity contribution < 1.29 is 24.2 Å². The van der Waals surface area contributed by atoms with Crippen LogP contribution in [-0.2, 0) is 25.7 Å². The molecule has 3 fully saturated rings. The summed E-state index contributed by atoms with van der Waals surface area (Å²) in [7, 11) is 0. The van der Waals surface area contributed by atoms with Crippen molar-refractivity contribution >= 4 is 29.5 Å². The summed E-state index contributed by atoms with van der Waals surface area (Å²) in [5.74, 6) is -1.84. The third-order valence-corrected chi connectivity index (χ3v) is 9.61. The Hall–Kier alpha value is -2.58. The van der Waals surface area contributed by atoms with Gasteiger partial charge in [0.05, 0.1) is 16.6 Å². The molecule has 0 radical (unpaired) electrons. The second kappa shape index (κ2) is 10.6. The van der Waals surface area contributed by atoms with Crippen LogP contribution in [-0.4, -0.2) is 75.0 Å². The number of benzene rings is 1. The summed E-state index contributed by atoms with van der Waals surface area (Å²) in [5, 5.41) is 9.45. The van der Waals surface area contributed by atoms with Gasteiger partial charge < -0.3 is 19.6 Å². The summed E-state index contributed by atoms with van der Waals surface area (Å²) in [4.78, 5) is 44.6. The van der Waals surface area contributed by atoms with Gasteiger partial charge in [0, 0.05) is 31.5 Å². The summed E-state index contributed by atoms with van der Waals surface area (Å²) in [6, 6.07) is 9.03. The standard InChI is InChI=1S/C27H34N2O5S/c1-4-12-28(17-19-10-7-6-8-11-19)25(32)23-27-18(3)16-20(35-27)21(26(33)34-15-5-2)22(27)24(31)29(23)13-9-14-30/h4-8,10-11,18,20-23,30H,1-2,9,12-17H2,3H3/t18?,20-,21+,22-,23?,27?/m0/s1. The number of hydrogen-bond donors (Lipinski definition) is 1. The molecule has 3 aliphatic rings. The highest BCUT2D eigenvalue weighted by molar-refractivity contribution is 8.02. The van der Waals surface area contributed by atoms with Gasteiger partial charge in [-0.1, -0.05) is 56.0 Å². The second-order valence-electron chi connectivity index (χ2n) is 9.57. The number of likely N-dealkylation sites (tertiary alicyclic amines) is 1. The quantitative estimate of drug-likeness (QED) is 0.373. The van der Waals surface area contributed by atoms with Crippen LogP contribution in [0.3, 0.4) is 0 Å². The van der Waals surface area contributed by atoms with Crippen LogP contribution in [0.1, 0.15) is 25.3 Å². The van der Waals surface area contributed by atoms with E-state index in [1.807, 2.05) is 30.3 Å². The summed E-state index contributed by atoms with van der Waals surface area (Å²) in [6.45, 7) is 10.6. The van der Waals surface area contributed by atoms with E-state index in [9.17, 15) is 19.5 Å². The minimum Gasteiger partial charge on any atom is -0.461 e. The van der Waals surface area contributed by atoms with Gasteiger partial charge in [0.2, 0.25) is 11.8 Å². The Kier molecular flexibility index (Phi) is 7.71. The van der Waals surface area contributed by atoms with E-state index in [-0.39, 0.29) is 42.7 Å². The highest BCUT2D eigenvalue weighted by atomic mass is 32.2. The summed E-state index contributed by atoms with van der Waals surface area (Å²) < 4.78 is 4.70. The molecule has 2 bridgehead atoms. The monoisotopic (exact) mass is 498 g/mol. The number of nitrogens with zero attached hydrogens (tertiary/aromatic N) is 2. The number of hydrogen-bond acceptors (Lipinski definition) is 6. The normalized spacial score (nSPS) is 30.7. The molecule has 2 amide bonds. The Bertz CT molecular complexity index is 985. The van der Waals surface area contributed by atoms with Crippen LogP contribution in [0.5, 0.6) is 0 Å². The minimum absolute atomic E-state index is 0.0615. The first-order valence-electron chi connectivity index (χ1n) is 12.2. The molecule has 188 valence electrons. The van der Waals surface area contributed by atoms with Gasteiger partial charge in [0.1, 0.15) is 12.6 Å². The fourth-order valence-electron chi connectivity index (χ4n) is 6.15. The zero-order valence-corrected chi connectivity index (χ0v) is 21.0. The van der Waals surface area contributed by atoms with Crippen LogP contribution in [0.25, 0.3) is 0 Å². The molecule has 4 rings (SSSR count). The molecule has 35 heavy (non-hydrogen) atoms. The average molecular weight is 499 g/mol. The first-order chi connectivity index (χ1) is 16.9. The molecular formula is C27H34N2O5S. The number of amides is 2. The number of aliphatic hydroxyl groups is 1. The highest BCUT2D eigenvalue weighted by Gasteiger charge is 2.76. The molecule has 6 atom stereocenters. The SMILES string of the molecule is C=CCOC(=O)[C@@H]1[C@@H]2CC(C)C3(S2)C(C(=O)N(CC=C)Cc2ccccc2)N(CCCO)C(=O)[C@H]13. The van der Waals surface area contributed by atoms with Crippen molar-refractivity contribution in [2.24, 2.45) is 17.8 Å². The van der Waals surface area contributed by atoms with Crippen LogP contribution in [0.2, 0.25) is 0 Å². The molecule has 0 aromatic heterocycles. The Labute approximate surface area is 211 Å². The van der Waals surface area contributed by atoms with Gasteiger partial charge >= 0.3 is 5.97 Å². The van der Waals surface area contributed by atoms with Gasteiger partial charge in [-0.15, -0.1) is 18.3 Å². The van der Waals surface area contributed by atoms with Crippen LogP contribution in [0, 0.1) is 17.8 Å². The van der Waals surface area contributed by atoms with Crippen molar-refractivity contribution in [3.05, 3.63) is 61.2 Å². The summed E-state index contributed by atoms with van der Waals surface area (Å²) in [6.07, 6.45) is 4.33. The molecule has 8 heteroatoms. The van der Waals surface area contributed by atoms with Gasteiger partial charge in [0.15, 0.2) is 0 Å². The van der Waals surface area contributed by atoms with E-state index in [1.54, 1.807) is 27.6 Å². The van der Waals surface area contributed by atoms with Crippen molar-refractivity contribution in [1.29, 1.82) is 0 Å². The maximum absolute atomic E-state index is 14.3. The molecule has 0 aliphatic carbocycles. The van der Waals surface area contributed by atoms with Crippen molar-refractivity contribution in [2.75, 3.05) is 26.3 Å². The fraction of sp³-hybridized carbons (Fsp3) is 0.519. The lowest BCUT2D eigenvalue weighted by atomic mass is 9.66. The number of carbonyl (C=O) groups is 3. The highest BCUT2D eigenvalue weighted by Crippen LogP contribution is 2.68. The van der Waals surface area contributed by atoms with E-state index in [0.29, 0.717) is 19.5 Å². The Morgan fingerprint density at radius 2 is 2.03 bits per heavy atom. The van der Waals surface area contributed by atoms with Gasteiger partial charge in [0.25, 0.3) is 0 Å². The van der Waals surface area contributed by atoms with Crippen LogP contribution < -0.4 is 0 Å². The largest absolute Gasteiger partial charge is 0.461 e. The molecule has 1 N–H and O–H groups in total. The molecule has 3 unspecified atom stereocenters. The van der Waals surface area contributed by atoms with E-state index in [4.69, 9.17) is 4.74 Å². The van der Waals surface area contributed by atoms with Crippen molar-refractivity contribution in [1.82, 2.24) is 9.80 Å². The van der Waals surface area contributed by atoms with Gasteiger partial charge in [-0.05, 0) is 24.3 Å². The predicted molar refractivity (Wildman–Crippen MR) is 135 cm³/mol. The number of carbonyl (C=O) groups excluding carboxylic acids is 3. The number of fused-ring (bicyclic) bond motifs is 1. The van der Waals surface area contributed by atoms with E-state index >= 15 is 0 Å². The second-order valence-corrected chi connectivity index (χ2v) is 11.1. The molecule has 1 spiro atoms. The average Bonchev–Trinajstić information content (AvgIpc) is 3.45. The zero-order valence-electron chi connectivity index (χ0n) is 20.2.